The summed E-state index contributed by atoms with van der Waals surface area (Å²) in [5, 5.41) is 7.76. The van der Waals surface area contributed by atoms with Gasteiger partial charge in [0.15, 0.2) is 0 Å². The molecule has 0 radical (unpaired) electrons. The quantitative estimate of drug-likeness (QED) is 0.682. The Labute approximate surface area is 116 Å². The van der Waals surface area contributed by atoms with Crippen molar-refractivity contribution in [3.8, 4) is 0 Å². The minimum absolute atomic E-state index is 0.240. The largest absolute Gasteiger partial charge is 0.347 e. The van der Waals surface area contributed by atoms with Crippen molar-refractivity contribution in [2.24, 2.45) is 0 Å². The van der Waals surface area contributed by atoms with E-state index in [0.717, 1.165) is 22.2 Å². The monoisotopic (exact) mass is 266 g/mol. The SMILES string of the molecule is O=C(NCc1cnc[nH]1)Nc1cccc2ccccc12. The summed E-state index contributed by atoms with van der Waals surface area (Å²) in [6.45, 7) is 0.413. The van der Waals surface area contributed by atoms with Gasteiger partial charge in [-0.2, -0.15) is 0 Å². The van der Waals surface area contributed by atoms with Crippen LogP contribution in [-0.4, -0.2) is 16.0 Å². The number of amides is 2. The molecule has 20 heavy (non-hydrogen) atoms. The lowest BCUT2D eigenvalue weighted by Gasteiger charge is -2.09. The van der Waals surface area contributed by atoms with Crippen LogP contribution < -0.4 is 10.6 Å². The maximum atomic E-state index is 11.9. The summed E-state index contributed by atoms with van der Waals surface area (Å²) < 4.78 is 0. The molecule has 3 N–H and O–H groups in total. The van der Waals surface area contributed by atoms with Gasteiger partial charge >= 0.3 is 6.03 Å². The van der Waals surface area contributed by atoms with E-state index in [1.807, 2.05) is 42.5 Å². The van der Waals surface area contributed by atoms with Crippen LogP contribution in [0.4, 0.5) is 10.5 Å². The van der Waals surface area contributed by atoms with Crippen molar-refractivity contribution < 1.29 is 4.79 Å². The van der Waals surface area contributed by atoms with E-state index < -0.39 is 0 Å². The number of hydrogen-bond donors (Lipinski definition) is 3. The number of rotatable bonds is 3. The number of fused-ring (bicyclic) bond motifs is 1. The van der Waals surface area contributed by atoms with Crippen molar-refractivity contribution in [1.82, 2.24) is 15.3 Å². The molecule has 0 saturated carbocycles. The Morgan fingerprint density at radius 2 is 2.00 bits per heavy atom. The fraction of sp³-hybridized carbons (Fsp3) is 0.0667. The van der Waals surface area contributed by atoms with Crippen molar-refractivity contribution in [2.75, 3.05) is 5.32 Å². The summed E-state index contributed by atoms with van der Waals surface area (Å²) in [5.74, 6) is 0. The van der Waals surface area contributed by atoms with Gasteiger partial charge in [0.2, 0.25) is 0 Å². The van der Waals surface area contributed by atoms with Gasteiger partial charge in [0.1, 0.15) is 0 Å². The van der Waals surface area contributed by atoms with Crippen LogP contribution in [0.15, 0.2) is 55.0 Å². The molecule has 0 aliphatic rings. The lowest BCUT2D eigenvalue weighted by Crippen LogP contribution is -2.28. The molecular formula is C15H14N4O. The van der Waals surface area contributed by atoms with Crippen LogP contribution in [0.3, 0.4) is 0 Å². The Hall–Kier alpha value is -2.82. The lowest BCUT2D eigenvalue weighted by atomic mass is 10.1. The molecule has 0 bridgehead atoms. The topological polar surface area (TPSA) is 69.8 Å². The van der Waals surface area contributed by atoms with E-state index in [9.17, 15) is 4.79 Å². The zero-order chi connectivity index (χ0) is 13.8. The van der Waals surface area contributed by atoms with Crippen LogP contribution in [0, 0.1) is 0 Å². The van der Waals surface area contributed by atoms with Gasteiger partial charge in [0, 0.05) is 11.6 Å². The van der Waals surface area contributed by atoms with Crippen LogP contribution in [0.25, 0.3) is 10.8 Å². The first-order chi connectivity index (χ1) is 9.83. The molecule has 2 amide bonds. The predicted octanol–water partition coefficient (Wildman–Crippen LogP) is 2.88. The number of carbonyl (C=O) groups is 1. The molecule has 1 heterocycles. The van der Waals surface area contributed by atoms with Crippen LogP contribution in [0.1, 0.15) is 5.69 Å². The number of aromatic nitrogens is 2. The highest BCUT2D eigenvalue weighted by molar-refractivity contribution is 6.01. The van der Waals surface area contributed by atoms with E-state index in [4.69, 9.17) is 0 Å². The van der Waals surface area contributed by atoms with Crippen LogP contribution in [-0.2, 0) is 6.54 Å². The number of hydrogen-bond acceptors (Lipinski definition) is 2. The molecule has 0 aliphatic heterocycles. The molecule has 0 unspecified atom stereocenters. The smallest absolute Gasteiger partial charge is 0.319 e. The summed E-state index contributed by atoms with van der Waals surface area (Å²) in [5.41, 5.74) is 1.66. The third-order valence-corrected chi connectivity index (χ3v) is 3.03. The van der Waals surface area contributed by atoms with E-state index in [2.05, 4.69) is 20.6 Å². The Kier molecular flexibility index (Phi) is 3.33. The normalized spacial score (nSPS) is 10.4. The molecule has 0 fully saturated rings. The Balaban J connectivity index is 1.71. The number of urea groups is 1. The van der Waals surface area contributed by atoms with Crippen LogP contribution >= 0.6 is 0 Å². The third-order valence-electron chi connectivity index (χ3n) is 3.03. The first-order valence-corrected chi connectivity index (χ1v) is 6.33. The Morgan fingerprint density at radius 3 is 2.85 bits per heavy atom. The number of nitrogens with zero attached hydrogens (tertiary/aromatic N) is 1. The molecule has 0 spiro atoms. The van der Waals surface area contributed by atoms with Crippen molar-refractivity contribution in [3.05, 3.63) is 60.7 Å². The van der Waals surface area contributed by atoms with Crippen LogP contribution in [0.2, 0.25) is 0 Å². The molecule has 5 nitrogen and oxygen atoms in total. The van der Waals surface area contributed by atoms with Gasteiger partial charge < -0.3 is 15.6 Å². The maximum absolute atomic E-state index is 11.9. The number of nitrogens with one attached hydrogen (secondary N) is 3. The minimum Gasteiger partial charge on any atom is -0.347 e. The summed E-state index contributed by atoms with van der Waals surface area (Å²) in [6, 6.07) is 13.5. The number of H-pyrrole nitrogens is 1. The first kappa shape index (κ1) is 12.2. The zero-order valence-electron chi connectivity index (χ0n) is 10.8. The fourth-order valence-corrected chi connectivity index (χ4v) is 2.06. The van der Waals surface area contributed by atoms with Crippen molar-refractivity contribution in [3.63, 3.8) is 0 Å². The summed E-state index contributed by atoms with van der Waals surface area (Å²) >= 11 is 0. The summed E-state index contributed by atoms with van der Waals surface area (Å²) in [7, 11) is 0. The average molecular weight is 266 g/mol. The number of imidazole rings is 1. The number of carbonyl (C=O) groups excluding carboxylic acids is 1. The van der Waals surface area contributed by atoms with E-state index in [0.29, 0.717) is 6.54 Å². The number of aromatic amines is 1. The minimum atomic E-state index is -0.240. The second-order valence-electron chi connectivity index (χ2n) is 4.41. The standard InChI is InChI=1S/C15H14N4O/c20-15(17-9-12-8-16-10-18-12)19-14-7-3-5-11-4-1-2-6-13(11)14/h1-8,10H,9H2,(H,16,18)(H2,17,19,20). The maximum Gasteiger partial charge on any atom is 0.319 e. The molecule has 1 aromatic heterocycles. The van der Waals surface area contributed by atoms with Gasteiger partial charge in [-0.05, 0) is 11.5 Å². The van der Waals surface area contributed by atoms with Gasteiger partial charge in [0.25, 0.3) is 0 Å². The second kappa shape index (κ2) is 5.44. The summed E-state index contributed by atoms with van der Waals surface area (Å²) in [4.78, 5) is 18.7. The van der Waals surface area contributed by atoms with E-state index in [1.54, 1.807) is 12.5 Å². The molecule has 0 atom stereocenters. The summed E-state index contributed by atoms with van der Waals surface area (Å²) in [6.07, 6.45) is 3.26. The highest BCUT2D eigenvalue weighted by Gasteiger charge is 2.05. The molecule has 0 aliphatic carbocycles. The molecule has 3 rings (SSSR count). The van der Waals surface area contributed by atoms with E-state index >= 15 is 0 Å². The Morgan fingerprint density at radius 1 is 1.15 bits per heavy atom. The zero-order valence-corrected chi connectivity index (χ0v) is 10.8. The van der Waals surface area contributed by atoms with Crippen molar-refractivity contribution in [1.29, 1.82) is 0 Å². The van der Waals surface area contributed by atoms with Crippen molar-refractivity contribution >= 4 is 22.5 Å². The highest BCUT2D eigenvalue weighted by atomic mass is 16.2. The van der Waals surface area contributed by atoms with E-state index in [-0.39, 0.29) is 6.03 Å². The molecular weight excluding hydrogens is 252 g/mol. The molecule has 0 saturated heterocycles. The number of benzene rings is 2. The second-order valence-corrected chi connectivity index (χ2v) is 4.41. The first-order valence-electron chi connectivity index (χ1n) is 6.33. The molecule has 2 aromatic carbocycles. The lowest BCUT2D eigenvalue weighted by molar-refractivity contribution is 0.251. The van der Waals surface area contributed by atoms with Crippen LogP contribution in [0.5, 0.6) is 0 Å². The highest BCUT2D eigenvalue weighted by Crippen LogP contribution is 2.22. The molecule has 5 heteroatoms. The van der Waals surface area contributed by atoms with Crippen molar-refractivity contribution in [2.45, 2.75) is 6.54 Å². The van der Waals surface area contributed by atoms with Gasteiger partial charge in [-0.1, -0.05) is 36.4 Å². The van der Waals surface area contributed by atoms with Gasteiger partial charge in [-0.15, -0.1) is 0 Å². The van der Waals surface area contributed by atoms with Gasteiger partial charge in [-0.3, -0.25) is 0 Å². The third kappa shape index (κ3) is 2.61. The Bertz CT molecular complexity index is 716. The van der Waals surface area contributed by atoms with E-state index in [1.165, 1.54) is 0 Å². The van der Waals surface area contributed by atoms with Gasteiger partial charge in [-0.25, -0.2) is 9.78 Å². The molecule has 3 aromatic rings. The van der Waals surface area contributed by atoms with Gasteiger partial charge in [0.05, 0.1) is 24.3 Å². The fourth-order valence-electron chi connectivity index (χ4n) is 2.06. The number of anilines is 1. The predicted molar refractivity (Wildman–Crippen MR) is 78.4 cm³/mol. The molecule has 100 valence electrons. The average Bonchev–Trinajstić information content (AvgIpc) is 2.99.